The molecule has 0 aliphatic carbocycles. The third kappa shape index (κ3) is 8.17. The number of hydrogen-bond donors (Lipinski definition) is 1. The average molecular weight is 616 g/mol. The molecule has 3 aromatic rings. The molecule has 3 rings (SSSR count). The molecule has 11 heteroatoms. The maximum Gasteiger partial charge on any atom is 0.264 e. The van der Waals surface area contributed by atoms with Crippen molar-refractivity contribution in [2.45, 2.75) is 57.6 Å². The first-order chi connectivity index (χ1) is 19.7. The van der Waals surface area contributed by atoms with Crippen molar-refractivity contribution in [2.24, 2.45) is 0 Å². The first kappa shape index (κ1) is 32.8. The molecule has 0 heterocycles. The van der Waals surface area contributed by atoms with Gasteiger partial charge in [0.1, 0.15) is 24.1 Å². The first-order valence-corrected chi connectivity index (χ1v) is 15.2. The second-order valence-corrected chi connectivity index (χ2v) is 13.2. The van der Waals surface area contributed by atoms with Crippen LogP contribution in [0.5, 0.6) is 11.5 Å². The number of amides is 2. The number of nitrogens with one attached hydrogen (secondary N) is 1. The van der Waals surface area contributed by atoms with Crippen LogP contribution in [0.1, 0.15) is 38.8 Å². The highest BCUT2D eigenvalue weighted by molar-refractivity contribution is 7.92. The molecule has 1 N–H and O–H groups in total. The van der Waals surface area contributed by atoms with Gasteiger partial charge in [-0.15, -0.1) is 0 Å². The highest BCUT2D eigenvalue weighted by Gasteiger charge is 2.33. The second-order valence-electron chi connectivity index (χ2n) is 10.9. The normalized spacial score (nSPS) is 12.3. The number of halogens is 1. The Hall–Kier alpha value is -3.76. The minimum atomic E-state index is -4.22. The number of rotatable bonds is 11. The molecule has 42 heavy (non-hydrogen) atoms. The topological polar surface area (TPSA) is 105 Å². The van der Waals surface area contributed by atoms with Gasteiger partial charge in [-0.25, -0.2) is 8.42 Å². The van der Waals surface area contributed by atoms with Gasteiger partial charge in [-0.05, 0) is 82.6 Å². The molecule has 2 amide bonds. The molecule has 0 aliphatic heterocycles. The van der Waals surface area contributed by atoms with E-state index in [1.807, 2.05) is 27.7 Å². The quantitative estimate of drug-likeness (QED) is 0.318. The maximum atomic E-state index is 14.1. The Labute approximate surface area is 253 Å². The summed E-state index contributed by atoms with van der Waals surface area (Å²) in [6, 6.07) is 17.0. The van der Waals surface area contributed by atoms with E-state index < -0.39 is 34.1 Å². The van der Waals surface area contributed by atoms with Gasteiger partial charge in [-0.1, -0.05) is 41.4 Å². The summed E-state index contributed by atoms with van der Waals surface area (Å²) in [4.78, 5) is 28.7. The number of ether oxygens (including phenoxy) is 2. The molecule has 0 saturated carbocycles. The summed E-state index contributed by atoms with van der Waals surface area (Å²) < 4.78 is 39.4. The van der Waals surface area contributed by atoms with Crippen molar-refractivity contribution in [1.29, 1.82) is 0 Å². The monoisotopic (exact) mass is 615 g/mol. The third-order valence-electron chi connectivity index (χ3n) is 6.49. The predicted molar refractivity (Wildman–Crippen MR) is 165 cm³/mol. The molecule has 0 bridgehead atoms. The summed E-state index contributed by atoms with van der Waals surface area (Å²) >= 11 is 6.37. The van der Waals surface area contributed by atoms with Gasteiger partial charge in [0.2, 0.25) is 11.8 Å². The lowest BCUT2D eigenvalue weighted by molar-refractivity contribution is -0.140. The van der Waals surface area contributed by atoms with Crippen molar-refractivity contribution in [1.82, 2.24) is 10.2 Å². The fraction of sp³-hybridized carbons (Fsp3) is 0.355. The minimum absolute atomic E-state index is 0.00747. The molecule has 3 aromatic carbocycles. The van der Waals surface area contributed by atoms with Crippen molar-refractivity contribution < 1.29 is 27.5 Å². The summed E-state index contributed by atoms with van der Waals surface area (Å²) in [7, 11) is -1.22. The summed E-state index contributed by atoms with van der Waals surface area (Å²) in [6.45, 7) is 8.47. The van der Waals surface area contributed by atoms with Crippen LogP contribution in [0.25, 0.3) is 0 Å². The van der Waals surface area contributed by atoms with E-state index in [0.29, 0.717) is 11.5 Å². The molecule has 226 valence electrons. The van der Waals surface area contributed by atoms with Crippen molar-refractivity contribution in [2.75, 3.05) is 25.1 Å². The number of carbonyl (C=O) groups excluding carboxylic acids is 2. The van der Waals surface area contributed by atoms with E-state index in [2.05, 4.69) is 5.32 Å². The van der Waals surface area contributed by atoms with E-state index in [9.17, 15) is 18.0 Å². The molecule has 0 saturated heterocycles. The Bertz CT molecular complexity index is 1500. The SMILES string of the molecule is COc1ccc(CN(C(=O)CN(c2ccc(OC)c(Cl)c2)S(=O)(=O)c2ccc(C)cc2)C(C)C(=O)NC(C)(C)C)cc1. The Balaban J connectivity index is 2.07. The second kappa shape index (κ2) is 13.5. The van der Waals surface area contributed by atoms with Gasteiger partial charge in [-0.3, -0.25) is 13.9 Å². The average Bonchev–Trinajstić information content (AvgIpc) is 2.93. The van der Waals surface area contributed by atoms with Crippen LogP contribution in [0.3, 0.4) is 0 Å². The van der Waals surface area contributed by atoms with Crippen LogP contribution in [0.2, 0.25) is 5.02 Å². The molecule has 1 unspecified atom stereocenters. The maximum absolute atomic E-state index is 14.1. The summed E-state index contributed by atoms with van der Waals surface area (Å²) in [5, 5.41) is 3.09. The molecule has 0 aliphatic rings. The zero-order valence-electron chi connectivity index (χ0n) is 25.0. The number of carbonyl (C=O) groups is 2. The van der Waals surface area contributed by atoms with Gasteiger partial charge in [0.25, 0.3) is 10.0 Å². The van der Waals surface area contributed by atoms with E-state index in [-0.39, 0.29) is 28.1 Å². The molecule has 9 nitrogen and oxygen atoms in total. The fourth-order valence-electron chi connectivity index (χ4n) is 4.16. The highest BCUT2D eigenvalue weighted by Crippen LogP contribution is 2.32. The van der Waals surface area contributed by atoms with E-state index >= 15 is 0 Å². The lowest BCUT2D eigenvalue weighted by Crippen LogP contribution is -2.54. The Morgan fingerprint density at radius 2 is 1.57 bits per heavy atom. The van der Waals surface area contributed by atoms with E-state index in [4.69, 9.17) is 21.1 Å². The van der Waals surface area contributed by atoms with Crippen LogP contribution in [0, 0.1) is 6.92 Å². The summed E-state index contributed by atoms with van der Waals surface area (Å²) in [6.07, 6.45) is 0. The Morgan fingerprint density at radius 3 is 2.10 bits per heavy atom. The number of anilines is 1. The number of nitrogens with zero attached hydrogens (tertiary/aromatic N) is 2. The van der Waals surface area contributed by atoms with Crippen LogP contribution < -0.4 is 19.1 Å². The van der Waals surface area contributed by atoms with Crippen LogP contribution >= 0.6 is 11.6 Å². The largest absolute Gasteiger partial charge is 0.497 e. The molecule has 0 radical (unpaired) electrons. The summed E-state index contributed by atoms with van der Waals surface area (Å²) in [5.74, 6) is 0.0461. The first-order valence-electron chi connectivity index (χ1n) is 13.3. The standard InChI is InChI=1S/C31H38ClN3O6S/c1-21-8-15-26(16-9-21)42(38,39)35(24-12-17-28(41-7)27(32)18-24)20-29(36)34(22(2)30(37)33-31(3,4)5)19-23-10-13-25(40-6)14-11-23/h8-18,22H,19-20H2,1-7H3,(H,33,37). The van der Waals surface area contributed by atoms with Gasteiger partial charge in [0.05, 0.1) is 29.8 Å². The van der Waals surface area contributed by atoms with Crippen LogP contribution in [-0.4, -0.2) is 57.5 Å². The zero-order chi connectivity index (χ0) is 31.2. The highest BCUT2D eigenvalue weighted by atomic mass is 35.5. The van der Waals surface area contributed by atoms with E-state index in [1.54, 1.807) is 50.4 Å². The fourth-order valence-corrected chi connectivity index (χ4v) is 5.82. The molecule has 0 aromatic heterocycles. The minimum Gasteiger partial charge on any atom is -0.497 e. The number of benzene rings is 3. The van der Waals surface area contributed by atoms with Gasteiger partial charge in [0, 0.05) is 12.1 Å². The molecule has 0 spiro atoms. The van der Waals surface area contributed by atoms with Crippen LogP contribution in [-0.2, 0) is 26.2 Å². The zero-order valence-corrected chi connectivity index (χ0v) is 26.5. The van der Waals surface area contributed by atoms with Crippen molar-refractivity contribution in [3.05, 3.63) is 82.9 Å². The number of sulfonamides is 1. The summed E-state index contributed by atoms with van der Waals surface area (Å²) in [5.41, 5.74) is 1.25. The molecular weight excluding hydrogens is 578 g/mol. The van der Waals surface area contributed by atoms with E-state index in [0.717, 1.165) is 15.4 Å². The lowest BCUT2D eigenvalue weighted by Gasteiger charge is -2.33. The predicted octanol–water partition coefficient (Wildman–Crippen LogP) is 5.19. The third-order valence-corrected chi connectivity index (χ3v) is 8.57. The molecule has 0 fully saturated rings. The van der Waals surface area contributed by atoms with Crippen LogP contribution in [0.15, 0.2) is 71.6 Å². The molecule has 1 atom stereocenters. The Kier molecular flexibility index (Phi) is 10.5. The van der Waals surface area contributed by atoms with E-state index in [1.165, 1.54) is 42.3 Å². The van der Waals surface area contributed by atoms with Crippen molar-refractivity contribution in [3.8, 4) is 11.5 Å². The smallest absolute Gasteiger partial charge is 0.264 e. The van der Waals surface area contributed by atoms with Gasteiger partial charge >= 0.3 is 0 Å². The van der Waals surface area contributed by atoms with Gasteiger partial charge in [-0.2, -0.15) is 0 Å². The number of methoxy groups -OCH3 is 2. The number of hydrogen-bond acceptors (Lipinski definition) is 6. The molecular formula is C31H38ClN3O6S. The van der Waals surface area contributed by atoms with Crippen LogP contribution in [0.4, 0.5) is 5.69 Å². The van der Waals surface area contributed by atoms with Crippen molar-refractivity contribution >= 4 is 39.1 Å². The lowest BCUT2D eigenvalue weighted by atomic mass is 10.1. The van der Waals surface area contributed by atoms with Gasteiger partial charge in [0.15, 0.2) is 0 Å². The number of aryl methyl sites for hydroxylation is 1. The van der Waals surface area contributed by atoms with Crippen molar-refractivity contribution in [3.63, 3.8) is 0 Å². The Morgan fingerprint density at radius 1 is 0.952 bits per heavy atom. The van der Waals surface area contributed by atoms with Gasteiger partial charge < -0.3 is 19.7 Å².